The van der Waals surface area contributed by atoms with Crippen molar-refractivity contribution < 1.29 is 23.9 Å². The molecule has 0 bridgehead atoms. The molecule has 25 heavy (non-hydrogen) atoms. The molecular weight excluding hydrogens is 324 g/mol. The van der Waals surface area contributed by atoms with E-state index in [1.54, 1.807) is 60.3 Å². The third kappa shape index (κ3) is 5.42. The van der Waals surface area contributed by atoms with Crippen molar-refractivity contribution in [2.45, 2.75) is 12.8 Å². The Hall–Kier alpha value is -3.22. The maximum Gasteiger partial charge on any atom is 0.306 e. The molecule has 0 aliphatic carbocycles. The summed E-state index contributed by atoms with van der Waals surface area (Å²) in [4.78, 5) is 46.9. The summed E-state index contributed by atoms with van der Waals surface area (Å²) in [6, 6.07) is 11.8. The van der Waals surface area contributed by atoms with Crippen molar-refractivity contribution in [3.63, 3.8) is 0 Å². The largest absolute Gasteiger partial charge is 0.456 e. The monoisotopic (exact) mass is 342 g/mol. The van der Waals surface area contributed by atoms with Gasteiger partial charge in [-0.3, -0.25) is 24.5 Å². The summed E-state index contributed by atoms with van der Waals surface area (Å²) in [6.45, 7) is -0.575. The highest BCUT2D eigenvalue weighted by Gasteiger charge is 2.15. The average Bonchev–Trinajstić information content (AvgIpc) is 3.04. The van der Waals surface area contributed by atoms with Gasteiger partial charge in [-0.1, -0.05) is 30.3 Å². The Morgan fingerprint density at radius 2 is 1.72 bits per heavy atom. The molecule has 7 nitrogen and oxygen atoms in total. The number of esters is 1. The van der Waals surface area contributed by atoms with Gasteiger partial charge in [0.25, 0.3) is 11.8 Å². The highest BCUT2D eigenvalue weighted by Crippen LogP contribution is 2.05. The number of Topliss-reactive ketones (excluding diaryl/α,β-unsaturated/α-hetero) is 1. The summed E-state index contributed by atoms with van der Waals surface area (Å²) in [5, 5.41) is 2.13. The fourth-order valence-electron chi connectivity index (χ4n) is 2.13. The number of aryl methyl sites for hydroxylation is 1. The molecule has 0 aliphatic heterocycles. The first-order chi connectivity index (χ1) is 12.0. The van der Waals surface area contributed by atoms with Crippen LogP contribution in [0.15, 0.2) is 48.7 Å². The molecule has 7 heteroatoms. The van der Waals surface area contributed by atoms with Gasteiger partial charge >= 0.3 is 5.97 Å². The van der Waals surface area contributed by atoms with Crippen molar-refractivity contribution in [2.24, 2.45) is 7.05 Å². The summed E-state index contributed by atoms with van der Waals surface area (Å²) in [7, 11) is 1.67. The molecule has 130 valence electrons. The zero-order valence-electron chi connectivity index (χ0n) is 13.7. The predicted molar refractivity (Wildman–Crippen MR) is 88.9 cm³/mol. The van der Waals surface area contributed by atoms with Crippen LogP contribution in [0.1, 0.15) is 33.7 Å². The molecule has 2 aromatic rings. The molecule has 1 N–H and O–H groups in total. The number of ketones is 1. The minimum Gasteiger partial charge on any atom is -0.456 e. The normalized spacial score (nSPS) is 10.1. The Kier molecular flexibility index (Phi) is 6.22. The molecule has 0 aliphatic rings. The summed E-state index contributed by atoms with van der Waals surface area (Å²) >= 11 is 0. The lowest BCUT2D eigenvalue weighted by Crippen LogP contribution is -2.35. The Morgan fingerprint density at radius 1 is 1.00 bits per heavy atom. The molecule has 2 rings (SSSR count). The summed E-state index contributed by atoms with van der Waals surface area (Å²) < 4.78 is 6.34. The van der Waals surface area contributed by atoms with Crippen molar-refractivity contribution in [3.8, 4) is 0 Å². The molecule has 0 saturated carbocycles. The van der Waals surface area contributed by atoms with Crippen LogP contribution >= 0.6 is 0 Å². The van der Waals surface area contributed by atoms with Crippen LogP contribution in [-0.4, -0.2) is 34.7 Å². The molecule has 2 amide bonds. The number of hydrogen-bond donors (Lipinski definition) is 1. The van der Waals surface area contributed by atoms with Gasteiger partial charge < -0.3 is 9.30 Å². The van der Waals surface area contributed by atoms with Crippen LogP contribution < -0.4 is 5.32 Å². The van der Waals surface area contributed by atoms with E-state index in [9.17, 15) is 19.2 Å². The van der Waals surface area contributed by atoms with E-state index in [2.05, 4.69) is 5.32 Å². The predicted octanol–water partition coefficient (Wildman–Crippen LogP) is 1.49. The minimum absolute atomic E-state index is 0.00720. The fraction of sp³-hybridized carbons (Fsp3) is 0.222. The van der Waals surface area contributed by atoms with Crippen LogP contribution in [0.4, 0.5) is 0 Å². The molecule has 0 fully saturated rings. The first-order valence-electron chi connectivity index (χ1n) is 7.67. The molecular formula is C18H18N2O5. The van der Waals surface area contributed by atoms with Gasteiger partial charge in [-0.2, -0.15) is 0 Å². The molecule has 1 heterocycles. The molecule has 1 aromatic carbocycles. The van der Waals surface area contributed by atoms with E-state index in [-0.39, 0.29) is 18.6 Å². The number of amides is 2. The van der Waals surface area contributed by atoms with Gasteiger partial charge in [0.2, 0.25) is 0 Å². The Labute approximate surface area is 144 Å². The van der Waals surface area contributed by atoms with E-state index in [1.165, 1.54) is 0 Å². The van der Waals surface area contributed by atoms with Gasteiger partial charge in [0.1, 0.15) is 5.69 Å². The molecule has 0 spiro atoms. The molecule has 0 atom stereocenters. The molecule has 1 aromatic heterocycles. The van der Waals surface area contributed by atoms with Crippen LogP contribution in [0.25, 0.3) is 0 Å². The molecule has 0 unspecified atom stereocenters. The van der Waals surface area contributed by atoms with Crippen molar-refractivity contribution in [2.75, 3.05) is 6.61 Å². The van der Waals surface area contributed by atoms with Crippen molar-refractivity contribution >= 4 is 23.6 Å². The second-order valence-electron chi connectivity index (χ2n) is 5.33. The van der Waals surface area contributed by atoms with Gasteiger partial charge in [-0.25, -0.2) is 0 Å². The van der Waals surface area contributed by atoms with E-state index < -0.39 is 24.4 Å². The number of nitrogens with one attached hydrogen (secondary N) is 1. The Morgan fingerprint density at radius 3 is 2.36 bits per heavy atom. The maximum atomic E-state index is 11.9. The highest BCUT2D eigenvalue weighted by molar-refractivity contribution is 6.04. The second-order valence-corrected chi connectivity index (χ2v) is 5.33. The van der Waals surface area contributed by atoms with Crippen molar-refractivity contribution in [1.82, 2.24) is 9.88 Å². The van der Waals surface area contributed by atoms with E-state index in [1.807, 2.05) is 0 Å². The SMILES string of the molecule is Cn1cccc1C(=O)NC(=O)COC(=O)CCC(=O)c1ccccc1. The number of nitrogens with zero attached hydrogens (tertiary/aromatic N) is 1. The molecule has 0 radical (unpaired) electrons. The summed E-state index contributed by atoms with van der Waals surface area (Å²) in [6.07, 6.45) is 1.53. The standard InChI is InChI=1S/C18H18N2O5/c1-20-11-5-8-14(20)18(24)19-16(22)12-25-17(23)10-9-15(21)13-6-3-2-4-7-13/h2-8,11H,9-10,12H2,1H3,(H,19,22,24). The van der Waals surface area contributed by atoms with E-state index >= 15 is 0 Å². The van der Waals surface area contributed by atoms with E-state index in [4.69, 9.17) is 4.74 Å². The third-order valence-electron chi connectivity index (χ3n) is 3.45. The van der Waals surface area contributed by atoms with Crippen LogP contribution in [0, 0.1) is 0 Å². The van der Waals surface area contributed by atoms with Gasteiger partial charge in [-0.05, 0) is 12.1 Å². The van der Waals surface area contributed by atoms with Crippen LogP contribution in [0.5, 0.6) is 0 Å². The first-order valence-corrected chi connectivity index (χ1v) is 7.67. The van der Waals surface area contributed by atoms with Gasteiger partial charge in [0.05, 0.1) is 6.42 Å². The van der Waals surface area contributed by atoms with Crippen LogP contribution in [0.3, 0.4) is 0 Å². The number of ether oxygens (including phenoxy) is 1. The number of rotatable bonds is 7. The van der Waals surface area contributed by atoms with Gasteiger partial charge in [0.15, 0.2) is 12.4 Å². The molecule has 0 saturated heterocycles. The van der Waals surface area contributed by atoms with Gasteiger partial charge in [0, 0.05) is 25.2 Å². The lowest BCUT2D eigenvalue weighted by atomic mass is 10.1. The Balaban J connectivity index is 1.71. The van der Waals surface area contributed by atoms with Crippen molar-refractivity contribution in [1.29, 1.82) is 0 Å². The zero-order valence-corrected chi connectivity index (χ0v) is 13.7. The van der Waals surface area contributed by atoms with Gasteiger partial charge in [-0.15, -0.1) is 0 Å². The highest BCUT2D eigenvalue weighted by atomic mass is 16.5. The summed E-state index contributed by atoms with van der Waals surface area (Å²) in [5.41, 5.74) is 0.828. The smallest absolute Gasteiger partial charge is 0.306 e. The zero-order chi connectivity index (χ0) is 18.2. The van der Waals surface area contributed by atoms with Crippen molar-refractivity contribution in [3.05, 3.63) is 59.9 Å². The Bertz CT molecular complexity index is 780. The number of imide groups is 1. The fourth-order valence-corrected chi connectivity index (χ4v) is 2.13. The quantitative estimate of drug-likeness (QED) is 0.608. The van der Waals surface area contributed by atoms with E-state index in [0.717, 1.165) is 0 Å². The van der Waals surface area contributed by atoms with E-state index in [0.29, 0.717) is 11.3 Å². The first kappa shape index (κ1) is 18.1. The number of carbonyl (C=O) groups excluding carboxylic acids is 4. The number of hydrogen-bond acceptors (Lipinski definition) is 5. The minimum atomic E-state index is -0.728. The average molecular weight is 342 g/mol. The van der Waals surface area contributed by atoms with Crippen LogP contribution in [0.2, 0.25) is 0 Å². The lowest BCUT2D eigenvalue weighted by Gasteiger charge is -2.06. The lowest BCUT2D eigenvalue weighted by molar-refractivity contribution is -0.148. The second kappa shape index (κ2) is 8.58. The maximum absolute atomic E-state index is 11.9. The summed E-state index contributed by atoms with van der Waals surface area (Å²) in [5.74, 6) is -2.16. The third-order valence-corrected chi connectivity index (χ3v) is 3.45. The topological polar surface area (TPSA) is 94.5 Å². The number of benzene rings is 1. The number of carbonyl (C=O) groups is 4. The van der Waals surface area contributed by atoms with Crippen LogP contribution in [-0.2, 0) is 21.4 Å². The number of aromatic nitrogens is 1.